The Morgan fingerprint density at radius 2 is 1.82 bits per heavy atom. The summed E-state index contributed by atoms with van der Waals surface area (Å²) in [6.45, 7) is 4.00. The van der Waals surface area contributed by atoms with Crippen LogP contribution in [0.5, 0.6) is 0 Å². The molecule has 4 heterocycles. The van der Waals surface area contributed by atoms with Crippen molar-refractivity contribution in [1.82, 2.24) is 34.5 Å². The maximum absolute atomic E-state index is 14.2. The predicted molar refractivity (Wildman–Crippen MR) is 173 cm³/mol. The van der Waals surface area contributed by atoms with Crippen LogP contribution < -0.4 is 5.32 Å². The number of benzene rings is 1. The van der Waals surface area contributed by atoms with E-state index in [2.05, 4.69) is 46.2 Å². The second kappa shape index (κ2) is 11.1. The molecule has 1 N–H and O–H groups in total. The number of aryl methyl sites for hydroxylation is 1. The molecule has 1 aliphatic heterocycles. The van der Waals surface area contributed by atoms with Crippen molar-refractivity contribution in [2.75, 3.05) is 26.0 Å². The molecule has 2 amide bonds. The fourth-order valence-corrected chi connectivity index (χ4v) is 7.34. The molecule has 12 heteroatoms. The summed E-state index contributed by atoms with van der Waals surface area (Å²) in [6.07, 6.45) is 7.08. The van der Waals surface area contributed by atoms with Crippen LogP contribution in [0.15, 0.2) is 47.3 Å². The molecule has 45 heavy (non-hydrogen) atoms. The second-order valence-corrected chi connectivity index (χ2v) is 13.8. The Balaban J connectivity index is 1.19. The molecule has 1 unspecified atom stereocenters. The van der Waals surface area contributed by atoms with Crippen molar-refractivity contribution in [3.8, 4) is 11.1 Å². The van der Waals surface area contributed by atoms with E-state index in [0.717, 1.165) is 42.5 Å². The third-order valence-corrected chi connectivity index (χ3v) is 9.72. The third-order valence-electron chi connectivity index (χ3n) is 9.27. The van der Waals surface area contributed by atoms with Crippen molar-refractivity contribution >= 4 is 50.2 Å². The standard InChI is InChI=1S/C33H35BrN8O3/c1-18(43)30-24-11-21(22-14-35-19(2)36-15-22)7-9-25(24)41(39-30)16-29(44)42-26(12-33(13-27(33)42)17-40(3)4)32(45)38-31-23(20-5-6-20)8-10-28(34)37-31/h7-11,14-15,20,26-27H,5-6,12-13,16-17H2,1-4H3,(H,37,38,45)/t26-,27?,33-/m0/s1. The van der Waals surface area contributed by atoms with Gasteiger partial charge in [-0.15, -0.1) is 0 Å². The summed E-state index contributed by atoms with van der Waals surface area (Å²) in [5, 5.41) is 8.35. The molecule has 4 aromatic rings. The van der Waals surface area contributed by atoms with Crippen LogP contribution in [0.2, 0.25) is 0 Å². The maximum atomic E-state index is 14.2. The number of likely N-dealkylation sites (tertiary alicyclic amines) is 1. The number of rotatable bonds is 9. The van der Waals surface area contributed by atoms with E-state index in [0.29, 0.717) is 45.2 Å². The van der Waals surface area contributed by atoms with Crippen LogP contribution in [0.1, 0.15) is 60.4 Å². The lowest BCUT2D eigenvalue weighted by Crippen LogP contribution is -2.47. The lowest BCUT2D eigenvalue weighted by atomic mass is 9.98. The van der Waals surface area contributed by atoms with E-state index in [1.807, 2.05) is 51.4 Å². The number of nitrogens with zero attached hydrogens (tertiary/aromatic N) is 7. The van der Waals surface area contributed by atoms with Gasteiger partial charge in [0.05, 0.1) is 5.52 Å². The number of halogens is 1. The minimum absolute atomic E-state index is 0.0382. The molecule has 7 rings (SSSR count). The van der Waals surface area contributed by atoms with E-state index in [1.54, 1.807) is 22.0 Å². The number of aromatic nitrogens is 5. The normalized spacial score (nSPS) is 22.1. The average molecular weight is 672 g/mol. The van der Waals surface area contributed by atoms with Crippen LogP contribution in [-0.2, 0) is 16.1 Å². The molecule has 1 saturated heterocycles. The fraction of sp³-hybridized carbons (Fsp3) is 0.424. The molecule has 232 valence electrons. The van der Waals surface area contributed by atoms with E-state index in [4.69, 9.17) is 0 Å². The van der Waals surface area contributed by atoms with Crippen molar-refractivity contribution < 1.29 is 14.4 Å². The zero-order valence-electron chi connectivity index (χ0n) is 25.7. The van der Waals surface area contributed by atoms with E-state index < -0.39 is 6.04 Å². The van der Waals surface area contributed by atoms with Crippen molar-refractivity contribution in [1.29, 1.82) is 0 Å². The summed E-state index contributed by atoms with van der Waals surface area (Å²) in [4.78, 5) is 57.8. The van der Waals surface area contributed by atoms with E-state index >= 15 is 0 Å². The molecule has 3 aromatic heterocycles. The van der Waals surface area contributed by atoms with Gasteiger partial charge in [0.25, 0.3) is 0 Å². The quantitative estimate of drug-likeness (QED) is 0.202. The van der Waals surface area contributed by atoms with Gasteiger partial charge in [0, 0.05) is 48.3 Å². The fourth-order valence-electron chi connectivity index (χ4n) is 7.03. The Labute approximate surface area is 269 Å². The van der Waals surface area contributed by atoms with Crippen LogP contribution >= 0.6 is 15.9 Å². The predicted octanol–water partition coefficient (Wildman–Crippen LogP) is 4.60. The van der Waals surface area contributed by atoms with Crippen LogP contribution in [0, 0.1) is 12.3 Å². The monoisotopic (exact) mass is 670 g/mol. The summed E-state index contributed by atoms with van der Waals surface area (Å²) in [6, 6.07) is 8.93. The van der Waals surface area contributed by atoms with E-state index in [-0.39, 0.29) is 35.6 Å². The zero-order chi connectivity index (χ0) is 31.6. The molecule has 3 aliphatic rings. The number of carbonyl (C=O) groups is 3. The first-order chi connectivity index (χ1) is 21.5. The van der Waals surface area contributed by atoms with Gasteiger partial charge in [0.1, 0.15) is 34.5 Å². The molecule has 0 radical (unpaired) electrons. The molecule has 3 atom stereocenters. The second-order valence-electron chi connectivity index (χ2n) is 13.0. The summed E-state index contributed by atoms with van der Waals surface area (Å²) in [7, 11) is 4.04. The van der Waals surface area contributed by atoms with Gasteiger partial charge in [-0.05, 0) is 97.9 Å². The van der Waals surface area contributed by atoms with Gasteiger partial charge in [-0.1, -0.05) is 12.1 Å². The number of nitrogens with one attached hydrogen (secondary N) is 1. The summed E-state index contributed by atoms with van der Waals surface area (Å²) < 4.78 is 2.24. The Hall–Kier alpha value is -4.03. The molecule has 2 saturated carbocycles. The molecule has 3 fully saturated rings. The first kappa shape index (κ1) is 29.7. The smallest absolute Gasteiger partial charge is 0.248 e. The molecule has 11 nitrogen and oxygen atoms in total. The summed E-state index contributed by atoms with van der Waals surface area (Å²) in [5.41, 5.74) is 3.55. The average Bonchev–Trinajstić information content (AvgIpc) is 3.89. The number of carbonyl (C=O) groups excluding carboxylic acids is 3. The molecular formula is C33H35BrN8O3. The van der Waals surface area contributed by atoms with Crippen molar-refractivity contribution in [3.63, 3.8) is 0 Å². The van der Waals surface area contributed by atoms with Gasteiger partial charge in [0.2, 0.25) is 11.8 Å². The topological polar surface area (TPSA) is 126 Å². The van der Waals surface area contributed by atoms with Gasteiger partial charge in [-0.2, -0.15) is 5.10 Å². The number of amides is 2. The van der Waals surface area contributed by atoms with Gasteiger partial charge < -0.3 is 15.1 Å². The Kier molecular flexibility index (Phi) is 7.31. The highest BCUT2D eigenvalue weighted by molar-refractivity contribution is 9.10. The van der Waals surface area contributed by atoms with E-state index in [1.165, 1.54) is 6.92 Å². The lowest BCUT2D eigenvalue weighted by molar-refractivity contribution is -0.138. The van der Waals surface area contributed by atoms with Gasteiger partial charge in [0.15, 0.2) is 5.78 Å². The Morgan fingerprint density at radius 3 is 2.51 bits per heavy atom. The first-order valence-corrected chi connectivity index (χ1v) is 16.1. The number of anilines is 1. The lowest BCUT2D eigenvalue weighted by Gasteiger charge is -2.27. The van der Waals surface area contributed by atoms with Crippen LogP contribution in [-0.4, -0.2) is 84.9 Å². The molecular weight excluding hydrogens is 636 g/mol. The Morgan fingerprint density at radius 1 is 1.07 bits per heavy atom. The van der Waals surface area contributed by atoms with Crippen molar-refractivity contribution in [2.24, 2.45) is 5.41 Å². The summed E-state index contributed by atoms with van der Waals surface area (Å²) >= 11 is 3.44. The minimum Gasteiger partial charge on any atom is -0.325 e. The molecule has 2 aliphatic carbocycles. The van der Waals surface area contributed by atoms with Gasteiger partial charge >= 0.3 is 0 Å². The van der Waals surface area contributed by atoms with Gasteiger partial charge in [-0.25, -0.2) is 15.0 Å². The largest absolute Gasteiger partial charge is 0.325 e. The SMILES string of the molecule is CC(=O)c1nn(CC(=O)N2C3C[C@]3(CN(C)C)C[C@H]2C(=O)Nc2nc(Br)ccc2C2CC2)c2ccc(-c3cnc(C)nc3)cc12. The number of Topliss-reactive ketones (excluding diaryl/α,β-unsaturated/α-hetero) is 1. The highest BCUT2D eigenvalue weighted by Gasteiger charge is 2.67. The number of fused-ring (bicyclic) bond motifs is 2. The number of hydrogen-bond acceptors (Lipinski definition) is 8. The van der Waals surface area contributed by atoms with Crippen LogP contribution in [0.4, 0.5) is 5.82 Å². The highest BCUT2D eigenvalue weighted by atomic mass is 79.9. The highest BCUT2D eigenvalue weighted by Crippen LogP contribution is 2.60. The number of hydrogen-bond donors (Lipinski definition) is 1. The van der Waals surface area contributed by atoms with Crippen LogP contribution in [0.3, 0.4) is 0 Å². The third kappa shape index (κ3) is 5.54. The zero-order valence-corrected chi connectivity index (χ0v) is 27.3. The minimum atomic E-state index is -0.633. The number of piperidine rings is 1. The molecule has 0 bridgehead atoms. The van der Waals surface area contributed by atoms with Gasteiger partial charge in [-0.3, -0.25) is 19.1 Å². The Bertz CT molecular complexity index is 1850. The van der Waals surface area contributed by atoms with Crippen molar-refractivity contribution in [3.05, 3.63) is 64.4 Å². The molecule has 1 aromatic carbocycles. The number of ketones is 1. The maximum Gasteiger partial charge on any atom is 0.248 e. The van der Waals surface area contributed by atoms with Crippen molar-refractivity contribution in [2.45, 2.75) is 64.1 Å². The number of pyridine rings is 1. The summed E-state index contributed by atoms with van der Waals surface area (Å²) in [5.74, 6) is 1.02. The molecule has 0 spiro atoms. The first-order valence-electron chi connectivity index (χ1n) is 15.3. The van der Waals surface area contributed by atoms with E-state index in [9.17, 15) is 14.4 Å². The van der Waals surface area contributed by atoms with Crippen LogP contribution in [0.25, 0.3) is 22.0 Å².